The fourth-order valence-corrected chi connectivity index (χ4v) is 3.79. The fourth-order valence-electron chi connectivity index (χ4n) is 3.79. The molecule has 0 bridgehead atoms. The van der Waals surface area contributed by atoms with E-state index in [-0.39, 0.29) is 0 Å². The van der Waals surface area contributed by atoms with Gasteiger partial charge < -0.3 is 0 Å². The van der Waals surface area contributed by atoms with Gasteiger partial charge in [0.2, 0.25) is 0 Å². The molecule has 0 spiro atoms. The van der Waals surface area contributed by atoms with Crippen molar-refractivity contribution >= 4 is 0 Å². The average Bonchev–Trinajstić information content (AvgIpc) is 2.71. The van der Waals surface area contributed by atoms with Crippen LogP contribution >= 0.6 is 0 Å². The van der Waals surface area contributed by atoms with E-state index >= 15 is 0 Å². The van der Waals surface area contributed by atoms with E-state index in [0.29, 0.717) is 0 Å². The molecule has 0 rings (SSSR count). The Bertz CT molecular complexity index is 280. The highest BCUT2D eigenvalue weighted by Gasteiger charge is 1.91. The van der Waals surface area contributed by atoms with Crippen molar-refractivity contribution in [2.24, 2.45) is 0 Å². The number of unbranched alkanes of at least 4 members (excludes halogenated alkanes) is 19. The third-order valence-corrected chi connectivity index (χ3v) is 5.77. The summed E-state index contributed by atoms with van der Waals surface area (Å²) in [4.78, 5) is 0. The van der Waals surface area contributed by atoms with E-state index < -0.39 is 0 Å². The minimum atomic E-state index is 1.30. The molecule has 0 fully saturated rings. The molecular weight excluding hydrogens is 336 g/mol. The van der Waals surface area contributed by atoms with Gasteiger partial charge in [0.05, 0.1) is 0 Å². The van der Waals surface area contributed by atoms with Crippen LogP contribution in [0.2, 0.25) is 0 Å². The summed E-state index contributed by atoms with van der Waals surface area (Å²) in [6.07, 6.45) is 40.4. The maximum absolute atomic E-state index is 2.43. The zero-order valence-corrected chi connectivity index (χ0v) is 19.9. The van der Waals surface area contributed by atoms with Gasteiger partial charge in [0.25, 0.3) is 0 Å². The van der Waals surface area contributed by atoms with E-state index in [9.17, 15) is 0 Å². The van der Waals surface area contributed by atoms with E-state index in [2.05, 4.69) is 38.2 Å². The molecule has 0 aliphatic rings. The molecule has 0 N–H and O–H groups in total. The third-order valence-electron chi connectivity index (χ3n) is 5.77. The molecule has 0 saturated heterocycles. The second-order valence-corrected chi connectivity index (χ2v) is 8.75. The second kappa shape index (κ2) is 26.5. The molecule has 0 atom stereocenters. The van der Waals surface area contributed by atoms with Gasteiger partial charge in [0, 0.05) is 0 Å². The van der Waals surface area contributed by atoms with Crippen LogP contribution in [0.4, 0.5) is 0 Å². The number of hydrogen-bond donors (Lipinski definition) is 0. The van der Waals surface area contributed by atoms with Crippen LogP contribution in [0, 0.1) is 0 Å². The normalized spacial score (nSPS) is 11.9. The minimum Gasteiger partial charge on any atom is -0.0885 e. The van der Waals surface area contributed by atoms with E-state index in [1.807, 2.05) is 0 Å². The molecular formula is C28H54. The van der Waals surface area contributed by atoms with Crippen molar-refractivity contribution in [1.29, 1.82) is 0 Å². The van der Waals surface area contributed by atoms with Crippen molar-refractivity contribution in [3.63, 3.8) is 0 Å². The average molecular weight is 391 g/mol. The van der Waals surface area contributed by atoms with Gasteiger partial charge in [0.1, 0.15) is 0 Å². The second-order valence-electron chi connectivity index (χ2n) is 8.75. The van der Waals surface area contributed by atoms with Crippen molar-refractivity contribution < 1.29 is 0 Å². The number of rotatable bonds is 23. The van der Waals surface area contributed by atoms with Gasteiger partial charge >= 0.3 is 0 Å². The molecule has 0 aromatic heterocycles. The molecule has 0 saturated carbocycles. The first kappa shape index (κ1) is 27.5. The fraction of sp³-hybridized carbons (Fsp3) is 0.857. The summed E-state index contributed by atoms with van der Waals surface area (Å²) in [5.41, 5.74) is 0. The van der Waals surface area contributed by atoms with Crippen LogP contribution in [0.5, 0.6) is 0 Å². The first-order chi connectivity index (χ1) is 13.9. The Morgan fingerprint density at radius 2 is 0.500 bits per heavy atom. The van der Waals surface area contributed by atoms with Crippen LogP contribution in [0.25, 0.3) is 0 Å². The Morgan fingerprint density at radius 1 is 0.286 bits per heavy atom. The summed E-state index contributed by atoms with van der Waals surface area (Å²) < 4.78 is 0. The van der Waals surface area contributed by atoms with Gasteiger partial charge in [-0.2, -0.15) is 0 Å². The van der Waals surface area contributed by atoms with Crippen molar-refractivity contribution in [3.8, 4) is 0 Å². The maximum atomic E-state index is 2.43. The molecule has 0 aliphatic carbocycles. The van der Waals surface area contributed by atoms with Crippen LogP contribution in [0.1, 0.15) is 155 Å². The van der Waals surface area contributed by atoms with E-state index in [0.717, 1.165) is 0 Å². The van der Waals surface area contributed by atoms with Gasteiger partial charge in [-0.25, -0.2) is 0 Å². The van der Waals surface area contributed by atoms with Gasteiger partial charge in [-0.1, -0.05) is 128 Å². The highest BCUT2D eigenvalue weighted by Crippen LogP contribution is 2.11. The summed E-state index contributed by atoms with van der Waals surface area (Å²) in [6, 6.07) is 0. The highest BCUT2D eigenvalue weighted by molar-refractivity contribution is 4.82. The van der Waals surface area contributed by atoms with Gasteiger partial charge in [-0.3, -0.25) is 0 Å². The molecule has 0 aliphatic heterocycles. The first-order valence-electron chi connectivity index (χ1n) is 13.2. The molecule has 0 amide bonds. The van der Waals surface area contributed by atoms with Crippen LogP contribution in [-0.2, 0) is 0 Å². The summed E-state index contributed by atoms with van der Waals surface area (Å²) in [6.45, 7) is 4.58. The monoisotopic (exact) mass is 390 g/mol. The molecule has 0 heteroatoms. The topological polar surface area (TPSA) is 0 Å². The molecule has 28 heavy (non-hydrogen) atoms. The molecule has 0 heterocycles. The van der Waals surface area contributed by atoms with Crippen LogP contribution < -0.4 is 0 Å². The lowest BCUT2D eigenvalue weighted by Gasteiger charge is -2.00. The standard InChI is InChI=1S/C28H54/c1-3-5-7-9-11-13-15-17-19-21-23-25-27-28-26-24-22-20-18-16-14-12-10-8-6-4-2/h17-20H,3-16,21-28H2,1-2H3/b19-17-,20-18-. The largest absolute Gasteiger partial charge is 0.0885 e. The predicted octanol–water partition coefficient (Wildman–Crippen LogP) is 10.7. The number of hydrogen-bond acceptors (Lipinski definition) is 0. The summed E-state index contributed by atoms with van der Waals surface area (Å²) in [5, 5.41) is 0. The minimum absolute atomic E-state index is 1.30. The van der Waals surface area contributed by atoms with Crippen LogP contribution in [-0.4, -0.2) is 0 Å². The van der Waals surface area contributed by atoms with Gasteiger partial charge in [0.15, 0.2) is 0 Å². The Hall–Kier alpha value is -0.520. The number of allylic oxidation sites excluding steroid dienone is 4. The van der Waals surface area contributed by atoms with Gasteiger partial charge in [-0.15, -0.1) is 0 Å². The molecule has 0 aromatic carbocycles. The van der Waals surface area contributed by atoms with Crippen LogP contribution in [0.3, 0.4) is 0 Å². The van der Waals surface area contributed by atoms with Crippen molar-refractivity contribution in [2.45, 2.75) is 155 Å². The molecule has 0 unspecified atom stereocenters. The zero-order valence-electron chi connectivity index (χ0n) is 19.9. The van der Waals surface area contributed by atoms with Crippen molar-refractivity contribution in [3.05, 3.63) is 24.3 Å². The first-order valence-corrected chi connectivity index (χ1v) is 13.2. The molecule has 0 aromatic rings. The summed E-state index contributed by atoms with van der Waals surface area (Å²) >= 11 is 0. The maximum Gasteiger partial charge on any atom is -0.0351 e. The van der Waals surface area contributed by atoms with E-state index in [1.54, 1.807) is 0 Å². The lowest BCUT2D eigenvalue weighted by molar-refractivity contribution is 0.597. The Balaban J connectivity index is 3.11. The SMILES string of the molecule is CCCCCCCC/C=C\CCCCCCCC/C=C\CCCCCCCC. The third kappa shape index (κ3) is 25.5. The van der Waals surface area contributed by atoms with Crippen molar-refractivity contribution in [2.75, 3.05) is 0 Å². The Labute approximate surface area is 179 Å². The van der Waals surface area contributed by atoms with E-state index in [4.69, 9.17) is 0 Å². The Morgan fingerprint density at radius 3 is 0.750 bits per heavy atom. The van der Waals surface area contributed by atoms with Gasteiger partial charge in [-0.05, 0) is 51.4 Å². The van der Waals surface area contributed by atoms with Crippen LogP contribution in [0.15, 0.2) is 24.3 Å². The summed E-state index contributed by atoms with van der Waals surface area (Å²) in [5.74, 6) is 0. The molecule has 0 nitrogen and oxygen atoms in total. The zero-order chi connectivity index (χ0) is 20.4. The molecule has 0 radical (unpaired) electrons. The smallest absolute Gasteiger partial charge is 0.0351 e. The highest BCUT2D eigenvalue weighted by atomic mass is 14.0. The lowest BCUT2D eigenvalue weighted by atomic mass is 10.1. The van der Waals surface area contributed by atoms with E-state index in [1.165, 1.54) is 141 Å². The Kier molecular flexibility index (Phi) is 26.0. The lowest BCUT2D eigenvalue weighted by Crippen LogP contribution is -1.80. The summed E-state index contributed by atoms with van der Waals surface area (Å²) in [7, 11) is 0. The quantitative estimate of drug-likeness (QED) is 0.120. The molecule has 166 valence electrons. The van der Waals surface area contributed by atoms with Crippen molar-refractivity contribution in [1.82, 2.24) is 0 Å². The predicted molar refractivity (Wildman–Crippen MR) is 131 cm³/mol.